The van der Waals surface area contributed by atoms with E-state index in [-0.39, 0.29) is 5.76 Å². The number of hydrogen-bond acceptors (Lipinski definition) is 5. The standard InChI is InChI=1S/C14H13ClO5/c1-7(13(15)16)10-5-8-4-9(18-2)6-11(19-3)12(8)14(17)20-10/h4-7H,1-3H3. The number of carbonyl (C=O) groups excluding carboxylic acids is 1. The summed E-state index contributed by atoms with van der Waals surface area (Å²) in [6.45, 7) is 1.57. The van der Waals surface area contributed by atoms with Gasteiger partial charge in [0.15, 0.2) is 0 Å². The Morgan fingerprint density at radius 3 is 2.50 bits per heavy atom. The van der Waals surface area contributed by atoms with Crippen LogP contribution in [-0.2, 0) is 4.79 Å². The largest absolute Gasteiger partial charge is 0.497 e. The topological polar surface area (TPSA) is 65.7 Å². The highest BCUT2D eigenvalue weighted by Crippen LogP contribution is 2.30. The first-order valence-electron chi connectivity index (χ1n) is 5.87. The molecule has 2 rings (SSSR count). The van der Waals surface area contributed by atoms with Gasteiger partial charge in [-0.3, -0.25) is 4.79 Å². The third-order valence-corrected chi connectivity index (χ3v) is 3.37. The fourth-order valence-electron chi connectivity index (χ4n) is 1.89. The van der Waals surface area contributed by atoms with E-state index in [2.05, 4.69) is 0 Å². The lowest BCUT2D eigenvalue weighted by molar-refractivity contribution is -0.113. The number of rotatable bonds is 4. The lowest BCUT2D eigenvalue weighted by atomic mass is 10.1. The van der Waals surface area contributed by atoms with E-state index in [0.717, 1.165) is 0 Å². The molecule has 0 N–H and O–H groups in total. The molecule has 5 nitrogen and oxygen atoms in total. The number of ether oxygens (including phenoxy) is 2. The summed E-state index contributed by atoms with van der Waals surface area (Å²) in [5.74, 6) is 0.393. The van der Waals surface area contributed by atoms with Crippen LogP contribution in [0.4, 0.5) is 0 Å². The minimum Gasteiger partial charge on any atom is -0.497 e. The maximum Gasteiger partial charge on any atom is 0.347 e. The molecule has 0 bridgehead atoms. The van der Waals surface area contributed by atoms with Crippen molar-refractivity contribution in [3.63, 3.8) is 0 Å². The Kier molecular flexibility index (Phi) is 3.99. The Morgan fingerprint density at radius 2 is 1.95 bits per heavy atom. The summed E-state index contributed by atoms with van der Waals surface area (Å²) >= 11 is 5.43. The summed E-state index contributed by atoms with van der Waals surface area (Å²) in [6.07, 6.45) is 0. The molecule has 0 aliphatic carbocycles. The molecule has 2 aromatic rings. The number of halogens is 1. The van der Waals surface area contributed by atoms with Gasteiger partial charge in [0.25, 0.3) is 0 Å². The lowest BCUT2D eigenvalue weighted by Crippen LogP contribution is -2.09. The van der Waals surface area contributed by atoms with Gasteiger partial charge in [0.05, 0.1) is 20.1 Å². The van der Waals surface area contributed by atoms with Gasteiger partial charge in [-0.25, -0.2) is 4.79 Å². The van der Waals surface area contributed by atoms with Crippen molar-refractivity contribution in [3.05, 3.63) is 34.4 Å². The fourth-order valence-corrected chi connectivity index (χ4v) is 2.00. The summed E-state index contributed by atoms with van der Waals surface area (Å²) in [4.78, 5) is 23.3. The second-order valence-corrected chi connectivity index (χ2v) is 4.63. The number of benzene rings is 1. The van der Waals surface area contributed by atoms with Crippen molar-refractivity contribution in [2.75, 3.05) is 14.2 Å². The molecule has 0 aliphatic rings. The van der Waals surface area contributed by atoms with Gasteiger partial charge in [-0.15, -0.1) is 0 Å². The minimum absolute atomic E-state index is 0.206. The van der Waals surface area contributed by atoms with Crippen LogP contribution in [0.2, 0.25) is 0 Å². The lowest BCUT2D eigenvalue weighted by Gasteiger charge is -2.10. The normalized spacial score (nSPS) is 12.2. The Balaban J connectivity index is 2.76. The summed E-state index contributed by atoms with van der Waals surface area (Å²) in [5.41, 5.74) is -0.582. The van der Waals surface area contributed by atoms with E-state index in [1.165, 1.54) is 14.2 Å². The molecule has 1 aromatic carbocycles. The Morgan fingerprint density at radius 1 is 1.25 bits per heavy atom. The van der Waals surface area contributed by atoms with Crippen molar-refractivity contribution in [1.82, 2.24) is 0 Å². The van der Waals surface area contributed by atoms with E-state index >= 15 is 0 Å². The number of fused-ring (bicyclic) bond motifs is 1. The highest BCUT2D eigenvalue weighted by molar-refractivity contribution is 6.64. The molecule has 0 spiro atoms. The van der Waals surface area contributed by atoms with E-state index in [9.17, 15) is 9.59 Å². The van der Waals surface area contributed by atoms with E-state index in [1.807, 2.05) is 0 Å². The second kappa shape index (κ2) is 5.54. The highest BCUT2D eigenvalue weighted by atomic mass is 35.5. The predicted octanol–water partition coefficient (Wildman–Crippen LogP) is 2.68. The second-order valence-electron chi connectivity index (χ2n) is 4.26. The molecule has 1 unspecified atom stereocenters. The van der Waals surface area contributed by atoms with Gasteiger partial charge in [-0.1, -0.05) is 0 Å². The molecule has 6 heteroatoms. The van der Waals surface area contributed by atoms with Crippen LogP contribution >= 0.6 is 11.6 Å². The molecular formula is C14H13ClO5. The maximum absolute atomic E-state index is 12.1. The maximum atomic E-state index is 12.1. The van der Waals surface area contributed by atoms with Gasteiger partial charge in [-0.2, -0.15) is 0 Å². The van der Waals surface area contributed by atoms with Crippen molar-refractivity contribution in [2.24, 2.45) is 0 Å². The summed E-state index contributed by atoms with van der Waals surface area (Å²) in [7, 11) is 2.96. The molecule has 0 fully saturated rings. The molecule has 0 amide bonds. The van der Waals surface area contributed by atoms with Crippen LogP contribution in [0, 0.1) is 0 Å². The van der Waals surface area contributed by atoms with E-state index in [0.29, 0.717) is 22.3 Å². The van der Waals surface area contributed by atoms with Crippen molar-refractivity contribution in [1.29, 1.82) is 0 Å². The fraction of sp³-hybridized carbons (Fsp3) is 0.286. The zero-order chi connectivity index (χ0) is 14.9. The summed E-state index contributed by atoms with van der Waals surface area (Å²) < 4.78 is 15.5. The zero-order valence-corrected chi connectivity index (χ0v) is 12.0. The molecule has 1 atom stereocenters. The average Bonchev–Trinajstić information content (AvgIpc) is 2.44. The third kappa shape index (κ3) is 2.49. The first kappa shape index (κ1) is 14.4. The molecule has 106 valence electrons. The van der Waals surface area contributed by atoms with Crippen LogP contribution in [0.5, 0.6) is 11.5 Å². The molecule has 20 heavy (non-hydrogen) atoms. The molecule has 0 aliphatic heterocycles. The van der Waals surface area contributed by atoms with Gasteiger partial charge in [-0.05, 0) is 36.0 Å². The Hall–Kier alpha value is -2.01. The van der Waals surface area contributed by atoms with Crippen LogP contribution in [-0.4, -0.2) is 19.5 Å². The predicted molar refractivity (Wildman–Crippen MR) is 74.9 cm³/mol. The molecule has 1 aromatic heterocycles. The quantitative estimate of drug-likeness (QED) is 0.812. The molecule has 0 saturated carbocycles. The first-order valence-corrected chi connectivity index (χ1v) is 6.24. The Labute approximate surface area is 120 Å². The third-order valence-electron chi connectivity index (χ3n) is 3.04. The van der Waals surface area contributed by atoms with E-state index < -0.39 is 16.8 Å². The van der Waals surface area contributed by atoms with Gasteiger partial charge >= 0.3 is 5.63 Å². The molecular weight excluding hydrogens is 284 g/mol. The zero-order valence-electron chi connectivity index (χ0n) is 11.2. The molecule has 1 heterocycles. The molecule has 0 radical (unpaired) electrons. The smallest absolute Gasteiger partial charge is 0.347 e. The van der Waals surface area contributed by atoms with Crippen LogP contribution in [0.25, 0.3) is 10.8 Å². The van der Waals surface area contributed by atoms with Crippen LogP contribution in [0.15, 0.2) is 27.4 Å². The van der Waals surface area contributed by atoms with Crippen molar-refractivity contribution >= 4 is 27.6 Å². The minimum atomic E-state index is -0.703. The first-order chi connectivity index (χ1) is 9.47. The van der Waals surface area contributed by atoms with Crippen molar-refractivity contribution in [3.8, 4) is 11.5 Å². The van der Waals surface area contributed by atoms with Crippen LogP contribution < -0.4 is 15.1 Å². The number of methoxy groups -OCH3 is 2. The summed E-state index contributed by atoms with van der Waals surface area (Å²) in [5, 5.41) is 0.269. The van der Waals surface area contributed by atoms with Crippen LogP contribution in [0.3, 0.4) is 0 Å². The van der Waals surface area contributed by atoms with Crippen LogP contribution in [0.1, 0.15) is 18.6 Å². The van der Waals surface area contributed by atoms with Gasteiger partial charge in [0.1, 0.15) is 22.6 Å². The summed E-state index contributed by atoms with van der Waals surface area (Å²) in [6, 6.07) is 4.85. The van der Waals surface area contributed by atoms with E-state index in [1.54, 1.807) is 25.1 Å². The number of carbonyl (C=O) groups is 1. The molecule has 0 saturated heterocycles. The van der Waals surface area contributed by atoms with Gasteiger partial charge < -0.3 is 13.9 Å². The average molecular weight is 297 g/mol. The highest BCUT2D eigenvalue weighted by Gasteiger charge is 2.19. The Bertz CT molecular complexity index is 719. The monoisotopic (exact) mass is 296 g/mol. The number of hydrogen-bond donors (Lipinski definition) is 0. The van der Waals surface area contributed by atoms with E-state index in [4.69, 9.17) is 25.5 Å². The van der Waals surface area contributed by atoms with Gasteiger partial charge in [0, 0.05) is 6.07 Å². The van der Waals surface area contributed by atoms with Gasteiger partial charge in [0.2, 0.25) is 5.24 Å². The SMILES string of the molecule is COc1cc(OC)c2c(=O)oc(C(C)C(=O)Cl)cc2c1. The van der Waals surface area contributed by atoms with Crippen molar-refractivity contribution in [2.45, 2.75) is 12.8 Å². The van der Waals surface area contributed by atoms with Crippen molar-refractivity contribution < 1.29 is 18.7 Å².